The van der Waals surface area contributed by atoms with Crippen molar-refractivity contribution in [1.29, 1.82) is 0 Å². The first-order chi connectivity index (χ1) is 12.2. The lowest BCUT2D eigenvalue weighted by Crippen LogP contribution is -2.43. The molecule has 25 heavy (non-hydrogen) atoms. The van der Waals surface area contributed by atoms with Gasteiger partial charge in [0.25, 0.3) is 5.91 Å². The molecule has 0 spiro atoms. The fourth-order valence-corrected chi connectivity index (χ4v) is 2.99. The maximum atomic E-state index is 13.8. The van der Waals surface area contributed by atoms with E-state index in [1.165, 1.54) is 12.1 Å². The van der Waals surface area contributed by atoms with Crippen LogP contribution in [0.5, 0.6) is 0 Å². The summed E-state index contributed by atoms with van der Waals surface area (Å²) in [5, 5.41) is 2.73. The van der Waals surface area contributed by atoms with E-state index in [2.05, 4.69) is 10.2 Å². The third-order valence-corrected chi connectivity index (χ3v) is 4.32. The zero-order valence-corrected chi connectivity index (χ0v) is 13.8. The van der Waals surface area contributed by atoms with Gasteiger partial charge in [-0.15, -0.1) is 0 Å². The number of benzene rings is 2. The summed E-state index contributed by atoms with van der Waals surface area (Å²) in [6, 6.07) is 13.3. The average molecular weight is 346 g/mol. The second-order valence-corrected chi connectivity index (χ2v) is 5.89. The van der Waals surface area contributed by atoms with Gasteiger partial charge in [0, 0.05) is 19.6 Å². The Labute approximate surface area is 145 Å². The number of amides is 1. The monoisotopic (exact) mass is 346 g/mol. The molecule has 1 heterocycles. The van der Waals surface area contributed by atoms with Crippen LogP contribution in [0, 0.1) is 11.6 Å². The molecule has 3 rings (SSSR count). The summed E-state index contributed by atoms with van der Waals surface area (Å²) in [6.45, 7) is 3.08. The molecule has 132 valence electrons. The van der Waals surface area contributed by atoms with Gasteiger partial charge in [-0.2, -0.15) is 0 Å². The van der Waals surface area contributed by atoms with Crippen molar-refractivity contribution < 1.29 is 18.3 Å². The summed E-state index contributed by atoms with van der Waals surface area (Å²) in [4.78, 5) is 14.5. The summed E-state index contributed by atoms with van der Waals surface area (Å²) in [6.07, 6.45) is 0. The van der Waals surface area contributed by atoms with Crippen LogP contribution in [-0.4, -0.2) is 43.7 Å². The van der Waals surface area contributed by atoms with E-state index in [1.54, 1.807) is 0 Å². The Balaban J connectivity index is 1.74. The lowest BCUT2D eigenvalue weighted by molar-refractivity contribution is 0.0162. The molecule has 1 amide bonds. The summed E-state index contributed by atoms with van der Waals surface area (Å²) >= 11 is 0. The van der Waals surface area contributed by atoms with Crippen LogP contribution in [0.2, 0.25) is 0 Å². The second-order valence-electron chi connectivity index (χ2n) is 5.89. The summed E-state index contributed by atoms with van der Waals surface area (Å²) in [5.74, 6) is -2.77. The normalized spacial score (nSPS) is 16.4. The van der Waals surface area contributed by atoms with Gasteiger partial charge in [-0.3, -0.25) is 9.69 Å². The molecule has 0 radical (unpaired) electrons. The van der Waals surface area contributed by atoms with E-state index in [0.29, 0.717) is 19.8 Å². The standard InChI is InChI=1S/C19H20F2N2O2/c20-16-8-4-7-15(18(16)21)19(24)22-13-17(14-5-2-1-3-6-14)23-9-11-25-12-10-23/h1-8,17H,9-13H2,(H,22,24)/t17-/m1/s1. The molecule has 0 bridgehead atoms. The van der Waals surface area contributed by atoms with Crippen LogP contribution in [-0.2, 0) is 4.74 Å². The van der Waals surface area contributed by atoms with Crippen molar-refractivity contribution in [3.05, 3.63) is 71.3 Å². The molecule has 0 saturated carbocycles. The third-order valence-electron chi connectivity index (χ3n) is 4.32. The SMILES string of the molecule is O=C(NC[C@H](c1ccccc1)N1CCOCC1)c1cccc(F)c1F. The molecule has 0 aliphatic carbocycles. The van der Waals surface area contributed by atoms with E-state index in [1.807, 2.05) is 30.3 Å². The van der Waals surface area contributed by atoms with Gasteiger partial charge in [-0.1, -0.05) is 36.4 Å². The number of morpholine rings is 1. The van der Waals surface area contributed by atoms with Crippen molar-refractivity contribution in [2.45, 2.75) is 6.04 Å². The molecule has 0 aromatic heterocycles. The minimum atomic E-state index is -1.12. The highest BCUT2D eigenvalue weighted by Crippen LogP contribution is 2.21. The van der Waals surface area contributed by atoms with E-state index < -0.39 is 17.5 Å². The quantitative estimate of drug-likeness (QED) is 0.905. The number of hydrogen-bond acceptors (Lipinski definition) is 3. The van der Waals surface area contributed by atoms with Crippen molar-refractivity contribution in [1.82, 2.24) is 10.2 Å². The summed E-state index contributed by atoms with van der Waals surface area (Å²) in [7, 11) is 0. The smallest absolute Gasteiger partial charge is 0.254 e. The molecule has 1 fully saturated rings. The van der Waals surface area contributed by atoms with Crippen molar-refractivity contribution in [2.75, 3.05) is 32.8 Å². The maximum absolute atomic E-state index is 13.8. The first kappa shape index (κ1) is 17.5. The second kappa shape index (κ2) is 8.18. The number of rotatable bonds is 5. The highest BCUT2D eigenvalue weighted by atomic mass is 19.2. The Morgan fingerprint density at radius 1 is 1.08 bits per heavy atom. The molecule has 1 N–H and O–H groups in total. The van der Waals surface area contributed by atoms with E-state index in [9.17, 15) is 13.6 Å². The number of carbonyl (C=O) groups excluding carboxylic acids is 1. The van der Waals surface area contributed by atoms with Gasteiger partial charge in [0.2, 0.25) is 0 Å². The van der Waals surface area contributed by atoms with E-state index >= 15 is 0 Å². The molecule has 4 nitrogen and oxygen atoms in total. The van der Waals surface area contributed by atoms with Crippen LogP contribution in [0.4, 0.5) is 8.78 Å². The zero-order valence-electron chi connectivity index (χ0n) is 13.8. The number of nitrogens with one attached hydrogen (secondary N) is 1. The van der Waals surface area contributed by atoms with E-state index in [0.717, 1.165) is 24.7 Å². The first-order valence-electron chi connectivity index (χ1n) is 8.26. The third kappa shape index (κ3) is 4.21. The predicted octanol–water partition coefficient (Wildman–Crippen LogP) is 2.77. The van der Waals surface area contributed by atoms with Gasteiger partial charge in [-0.25, -0.2) is 8.78 Å². The predicted molar refractivity (Wildman–Crippen MR) is 90.3 cm³/mol. The Hall–Kier alpha value is -2.31. The van der Waals surface area contributed by atoms with Gasteiger partial charge in [0.15, 0.2) is 11.6 Å². The van der Waals surface area contributed by atoms with Gasteiger partial charge in [0.1, 0.15) is 0 Å². The first-order valence-corrected chi connectivity index (χ1v) is 8.26. The van der Waals surface area contributed by atoms with Gasteiger partial charge >= 0.3 is 0 Å². The topological polar surface area (TPSA) is 41.6 Å². The van der Waals surface area contributed by atoms with Crippen molar-refractivity contribution in [3.8, 4) is 0 Å². The van der Waals surface area contributed by atoms with Crippen molar-refractivity contribution >= 4 is 5.91 Å². The minimum Gasteiger partial charge on any atom is -0.379 e. The highest BCUT2D eigenvalue weighted by molar-refractivity contribution is 5.94. The Kier molecular flexibility index (Phi) is 5.73. The van der Waals surface area contributed by atoms with Crippen LogP contribution in [0.3, 0.4) is 0 Å². The molecule has 6 heteroatoms. The lowest BCUT2D eigenvalue weighted by Gasteiger charge is -2.35. The molecule has 1 aliphatic heterocycles. The molecule has 0 unspecified atom stereocenters. The number of nitrogens with zero attached hydrogens (tertiary/aromatic N) is 1. The highest BCUT2D eigenvalue weighted by Gasteiger charge is 2.24. The van der Waals surface area contributed by atoms with Gasteiger partial charge in [0.05, 0.1) is 24.8 Å². The fraction of sp³-hybridized carbons (Fsp3) is 0.316. The Bertz CT molecular complexity index is 719. The molecule has 2 aromatic carbocycles. The molecule has 1 atom stereocenters. The van der Waals surface area contributed by atoms with Gasteiger partial charge < -0.3 is 10.1 Å². The van der Waals surface area contributed by atoms with Crippen molar-refractivity contribution in [2.24, 2.45) is 0 Å². The van der Waals surface area contributed by atoms with Gasteiger partial charge in [-0.05, 0) is 17.7 Å². The number of hydrogen-bond donors (Lipinski definition) is 1. The molecular formula is C19H20F2N2O2. The number of carbonyl (C=O) groups is 1. The van der Waals surface area contributed by atoms with Crippen LogP contribution < -0.4 is 5.32 Å². The summed E-state index contributed by atoms with van der Waals surface area (Å²) in [5.41, 5.74) is 0.776. The molecular weight excluding hydrogens is 326 g/mol. The zero-order chi connectivity index (χ0) is 17.6. The largest absolute Gasteiger partial charge is 0.379 e. The molecule has 2 aromatic rings. The van der Waals surface area contributed by atoms with E-state index in [-0.39, 0.29) is 11.6 Å². The fourth-order valence-electron chi connectivity index (χ4n) is 2.99. The molecule has 1 aliphatic rings. The summed E-state index contributed by atoms with van der Waals surface area (Å²) < 4.78 is 32.5. The van der Waals surface area contributed by atoms with Crippen LogP contribution in [0.25, 0.3) is 0 Å². The Morgan fingerprint density at radius 3 is 2.52 bits per heavy atom. The van der Waals surface area contributed by atoms with Crippen LogP contribution in [0.1, 0.15) is 22.0 Å². The van der Waals surface area contributed by atoms with Crippen LogP contribution in [0.15, 0.2) is 48.5 Å². The van der Waals surface area contributed by atoms with E-state index in [4.69, 9.17) is 4.74 Å². The maximum Gasteiger partial charge on any atom is 0.254 e. The number of ether oxygens (including phenoxy) is 1. The minimum absolute atomic E-state index is 0.0503. The molecule has 1 saturated heterocycles. The van der Waals surface area contributed by atoms with Crippen molar-refractivity contribution in [3.63, 3.8) is 0 Å². The average Bonchev–Trinajstić information content (AvgIpc) is 2.66. The lowest BCUT2D eigenvalue weighted by atomic mass is 10.0. The Morgan fingerprint density at radius 2 is 1.80 bits per heavy atom. The number of halogens is 2. The van der Waals surface area contributed by atoms with Crippen LogP contribution >= 0.6 is 0 Å².